The van der Waals surface area contributed by atoms with E-state index < -0.39 is 0 Å². The summed E-state index contributed by atoms with van der Waals surface area (Å²) in [5.74, 6) is 0.0643. The zero-order valence-electron chi connectivity index (χ0n) is 13.1. The van der Waals surface area contributed by atoms with Crippen LogP contribution >= 0.6 is 0 Å². The molecular formula is C15H29N3O2. The molecule has 0 unspecified atom stereocenters. The number of amides is 2. The van der Waals surface area contributed by atoms with Crippen molar-refractivity contribution in [1.29, 1.82) is 0 Å². The standard InChI is InChI=1S/C15H29N3O2/c1-14(2,3)13(20)17-10-6-7-12(19)18-15(11-16)8-4-5-9-15/h4-11,16H2,1-3H3,(H,17,20)(H,18,19). The van der Waals surface area contributed by atoms with E-state index in [4.69, 9.17) is 5.73 Å². The van der Waals surface area contributed by atoms with Crippen molar-refractivity contribution in [1.82, 2.24) is 10.6 Å². The molecule has 2 amide bonds. The molecule has 4 N–H and O–H groups in total. The van der Waals surface area contributed by atoms with Crippen LogP contribution in [0.4, 0.5) is 0 Å². The molecule has 0 atom stereocenters. The van der Waals surface area contributed by atoms with E-state index in [1.807, 2.05) is 20.8 Å². The fourth-order valence-electron chi connectivity index (χ4n) is 2.51. The van der Waals surface area contributed by atoms with E-state index in [2.05, 4.69) is 10.6 Å². The zero-order valence-corrected chi connectivity index (χ0v) is 13.1. The van der Waals surface area contributed by atoms with E-state index in [9.17, 15) is 9.59 Å². The van der Waals surface area contributed by atoms with Crippen LogP contribution in [0.1, 0.15) is 59.3 Å². The number of nitrogens with one attached hydrogen (secondary N) is 2. The van der Waals surface area contributed by atoms with Gasteiger partial charge in [-0.05, 0) is 19.3 Å². The topological polar surface area (TPSA) is 84.2 Å². The highest BCUT2D eigenvalue weighted by molar-refractivity contribution is 5.81. The summed E-state index contributed by atoms with van der Waals surface area (Å²) in [6.45, 7) is 6.68. The van der Waals surface area contributed by atoms with Crippen LogP contribution in [-0.2, 0) is 9.59 Å². The van der Waals surface area contributed by atoms with Crippen LogP contribution in [0.2, 0.25) is 0 Å². The molecule has 0 aliphatic heterocycles. The molecule has 0 bridgehead atoms. The molecule has 1 aliphatic rings. The Morgan fingerprint density at radius 2 is 1.80 bits per heavy atom. The summed E-state index contributed by atoms with van der Waals surface area (Å²) < 4.78 is 0. The Bertz CT molecular complexity index is 342. The Balaban J connectivity index is 2.22. The summed E-state index contributed by atoms with van der Waals surface area (Å²) in [5.41, 5.74) is 5.23. The van der Waals surface area contributed by atoms with Crippen molar-refractivity contribution in [2.75, 3.05) is 13.1 Å². The van der Waals surface area contributed by atoms with Gasteiger partial charge in [0.1, 0.15) is 0 Å². The molecule has 5 nitrogen and oxygen atoms in total. The summed E-state index contributed by atoms with van der Waals surface area (Å²) in [6.07, 6.45) is 5.34. The number of nitrogens with two attached hydrogens (primary N) is 1. The van der Waals surface area contributed by atoms with Crippen molar-refractivity contribution in [3.8, 4) is 0 Å². The van der Waals surface area contributed by atoms with Crippen molar-refractivity contribution in [3.05, 3.63) is 0 Å². The van der Waals surface area contributed by atoms with Gasteiger partial charge in [-0.3, -0.25) is 9.59 Å². The fourth-order valence-corrected chi connectivity index (χ4v) is 2.51. The number of hydrogen-bond donors (Lipinski definition) is 3. The SMILES string of the molecule is CC(C)(C)C(=O)NCCCC(=O)NC1(CN)CCCC1. The highest BCUT2D eigenvalue weighted by Gasteiger charge is 2.33. The molecular weight excluding hydrogens is 254 g/mol. The third kappa shape index (κ3) is 5.12. The molecule has 5 heteroatoms. The van der Waals surface area contributed by atoms with Gasteiger partial charge in [0.05, 0.1) is 5.54 Å². The molecule has 0 heterocycles. The number of carbonyl (C=O) groups excluding carboxylic acids is 2. The predicted molar refractivity (Wildman–Crippen MR) is 80.1 cm³/mol. The first kappa shape index (κ1) is 17.0. The summed E-state index contributed by atoms with van der Waals surface area (Å²) in [6, 6.07) is 0. The molecule has 1 saturated carbocycles. The summed E-state index contributed by atoms with van der Waals surface area (Å²) in [4.78, 5) is 23.6. The van der Waals surface area contributed by atoms with E-state index in [1.54, 1.807) is 0 Å². The minimum Gasteiger partial charge on any atom is -0.356 e. The van der Waals surface area contributed by atoms with Gasteiger partial charge in [0.25, 0.3) is 0 Å². The maximum absolute atomic E-state index is 11.9. The molecule has 0 radical (unpaired) electrons. The lowest BCUT2D eigenvalue weighted by Gasteiger charge is -2.28. The molecule has 0 aromatic carbocycles. The molecule has 1 fully saturated rings. The molecule has 1 rings (SSSR count). The van der Waals surface area contributed by atoms with Gasteiger partial charge in [-0.25, -0.2) is 0 Å². The van der Waals surface area contributed by atoms with Crippen LogP contribution in [0, 0.1) is 5.41 Å². The number of hydrogen-bond acceptors (Lipinski definition) is 3. The second kappa shape index (κ2) is 7.07. The average Bonchev–Trinajstić information content (AvgIpc) is 2.82. The van der Waals surface area contributed by atoms with Crippen molar-refractivity contribution in [3.63, 3.8) is 0 Å². The van der Waals surface area contributed by atoms with E-state index in [0.29, 0.717) is 25.9 Å². The second-order valence-corrected chi connectivity index (χ2v) is 6.85. The minimum atomic E-state index is -0.379. The van der Waals surface area contributed by atoms with Crippen LogP contribution in [0.25, 0.3) is 0 Å². The Labute approximate surface area is 122 Å². The van der Waals surface area contributed by atoms with Crippen molar-refractivity contribution in [2.24, 2.45) is 11.1 Å². The first-order valence-electron chi connectivity index (χ1n) is 7.58. The highest BCUT2D eigenvalue weighted by atomic mass is 16.2. The smallest absolute Gasteiger partial charge is 0.225 e. The van der Waals surface area contributed by atoms with Crippen LogP contribution in [-0.4, -0.2) is 30.4 Å². The van der Waals surface area contributed by atoms with Gasteiger partial charge in [0.2, 0.25) is 11.8 Å². The normalized spacial score (nSPS) is 17.8. The Morgan fingerprint density at radius 3 is 2.30 bits per heavy atom. The lowest BCUT2D eigenvalue weighted by molar-refractivity contribution is -0.129. The van der Waals surface area contributed by atoms with Gasteiger partial charge >= 0.3 is 0 Å². The molecule has 116 valence electrons. The highest BCUT2D eigenvalue weighted by Crippen LogP contribution is 2.28. The summed E-state index contributed by atoms with van der Waals surface area (Å²) in [5, 5.41) is 5.94. The molecule has 0 spiro atoms. The lowest BCUT2D eigenvalue weighted by atomic mass is 9.95. The largest absolute Gasteiger partial charge is 0.356 e. The summed E-state index contributed by atoms with van der Waals surface area (Å²) in [7, 11) is 0. The van der Waals surface area contributed by atoms with Gasteiger partial charge in [0.15, 0.2) is 0 Å². The maximum atomic E-state index is 11.9. The van der Waals surface area contributed by atoms with Gasteiger partial charge in [-0.1, -0.05) is 33.6 Å². The van der Waals surface area contributed by atoms with Crippen LogP contribution in [0.15, 0.2) is 0 Å². The fraction of sp³-hybridized carbons (Fsp3) is 0.867. The van der Waals surface area contributed by atoms with Crippen LogP contribution < -0.4 is 16.4 Å². The first-order chi connectivity index (χ1) is 9.29. The van der Waals surface area contributed by atoms with Crippen molar-refractivity contribution in [2.45, 2.75) is 64.8 Å². The number of rotatable bonds is 6. The van der Waals surface area contributed by atoms with Gasteiger partial charge in [-0.15, -0.1) is 0 Å². The summed E-state index contributed by atoms with van der Waals surface area (Å²) >= 11 is 0. The Hall–Kier alpha value is -1.10. The molecule has 1 aliphatic carbocycles. The van der Waals surface area contributed by atoms with E-state index in [0.717, 1.165) is 25.7 Å². The monoisotopic (exact) mass is 283 g/mol. The van der Waals surface area contributed by atoms with Crippen molar-refractivity contribution < 1.29 is 9.59 Å². The molecule has 20 heavy (non-hydrogen) atoms. The van der Waals surface area contributed by atoms with E-state index >= 15 is 0 Å². The van der Waals surface area contributed by atoms with Crippen molar-refractivity contribution >= 4 is 11.8 Å². The quantitative estimate of drug-likeness (QED) is 0.643. The predicted octanol–water partition coefficient (Wildman–Crippen LogP) is 1.32. The number of carbonyl (C=O) groups is 2. The average molecular weight is 283 g/mol. The molecule has 0 aromatic rings. The molecule has 0 saturated heterocycles. The van der Waals surface area contributed by atoms with Gasteiger partial charge in [-0.2, -0.15) is 0 Å². The van der Waals surface area contributed by atoms with Crippen LogP contribution in [0.5, 0.6) is 0 Å². The molecule has 0 aromatic heterocycles. The van der Waals surface area contributed by atoms with Crippen LogP contribution in [0.3, 0.4) is 0 Å². The third-order valence-electron chi connectivity index (χ3n) is 3.90. The minimum absolute atomic E-state index is 0.0205. The lowest BCUT2D eigenvalue weighted by Crippen LogP contribution is -2.51. The third-order valence-corrected chi connectivity index (χ3v) is 3.90. The Kier molecular flexibility index (Phi) is 5.99. The maximum Gasteiger partial charge on any atom is 0.225 e. The Morgan fingerprint density at radius 1 is 1.20 bits per heavy atom. The van der Waals surface area contributed by atoms with Gasteiger partial charge in [0, 0.05) is 24.9 Å². The van der Waals surface area contributed by atoms with Gasteiger partial charge < -0.3 is 16.4 Å². The van der Waals surface area contributed by atoms with E-state index in [1.165, 1.54) is 0 Å². The second-order valence-electron chi connectivity index (χ2n) is 6.85. The first-order valence-corrected chi connectivity index (χ1v) is 7.58. The van der Waals surface area contributed by atoms with E-state index in [-0.39, 0.29) is 22.8 Å². The zero-order chi connectivity index (χ0) is 15.2.